The van der Waals surface area contributed by atoms with Gasteiger partial charge in [0.1, 0.15) is 18.0 Å². The van der Waals surface area contributed by atoms with E-state index in [1.807, 2.05) is 0 Å². The molecule has 0 saturated carbocycles. The van der Waals surface area contributed by atoms with Crippen molar-refractivity contribution in [1.29, 1.82) is 0 Å². The SMILES string of the molecule is O=S(=O)(Cc1ccc(F)cc1)NCCc1ncn[nH]1. The molecular weight excluding hydrogens is 271 g/mol. The fourth-order valence-corrected chi connectivity index (χ4v) is 2.67. The Morgan fingerprint density at radius 1 is 1.26 bits per heavy atom. The molecule has 0 aliphatic heterocycles. The van der Waals surface area contributed by atoms with E-state index in [1.165, 1.54) is 30.6 Å². The quantitative estimate of drug-likeness (QED) is 0.813. The summed E-state index contributed by atoms with van der Waals surface area (Å²) in [5, 5.41) is 6.31. The number of aromatic amines is 1. The van der Waals surface area contributed by atoms with Gasteiger partial charge < -0.3 is 0 Å². The summed E-state index contributed by atoms with van der Waals surface area (Å²) in [7, 11) is -3.44. The second-order valence-electron chi connectivity index (χ2n) is 3.96. The van der Waals surface area contributed by atoms with Crippen LogP contribution in [0.4, 0.5) is 4.39 Å². The maximum Gasteiger partial charge on any atom is 0.215 e. The molecule has 0 unspecified atom stereocenters. The number of hydrogen-bond acceptors (Lipinski definition) is 4. The van der Waals surface area contributed by atoms with Crippen LogP contribution in [0.1, 0.15) is 11.4 Å². The van der Waals surface area contributed by atoms with Crippen LogP contribution in [0, 0.1) is 5.82 Å². The number of hydrogen-bond donors (Lipinski definition) is 2. The number of halogens is 1. The van der Waals surface area contributed by atoms with E-state index in [0.717, 1.165) is 0 Å². The van der Waals surface area contributed by atoms with Crippen molar-refractivity contribution in [1.82, 2.24) is 19.9 Å². The van der Waals surface area contributed by atoms with Crippen molar-refractivity contribution < 1.29 is 12.8 Å². The summed E-state index contributed by atoms with van der Waals surface area (Å²) in [5.74, 6) is 0.0489. The third kappa shape index (κ3) is 4.42. The zero-order valence-corrected chi connectivity index (χ0v) is 10.8. The number of sulfonamides is 1. The predicted octanol–water partition coefficient (Wildman–Crippen LogP) is 0.606. The Morgan fingerprint density at radius 2 is 2.00 bits per heavy atom. The molecule has 2 aromatic rings. The van der Waals surface area contributed by atoms with Gasteiger partial charge in [0.2, 0.25) is 10.0 Å². The molecule has 0 fully saturated rings. The first-order valence-electron chi connectivity index (χ1n) is 5.61. The molecule has 1 heterocycles. The minimum Gasteiger partial charge on any atom is -0.263 e. The predicted molar refractivity (Wildman–Crippen MR) is 67.1 cm³/mol. The van der Waals surface area contributed by atoms with Crippen LogP contribution in [-0.4, -0.2) is 30.1 Å². The molecule has 0 amide bonds. The van der Waals surface area contributed by atoms with E-state index >= 15 is 0 Å². The van der Waals surface area contributed by atoms with Gasteiger partial charge in [-0.1, -0.05) is 12.1 Å². The molecule has 0 bridgehead atoms. The highest BCUT2D eigenvalue weighted by Crippen LogP contribution is 2.06. The molecule has 6 nitrogen and oxygen atoms in total. The number of H-pyrrole nitrogens is 1. The standard InChI is InChI=1S/C11H13FN4O2S/c12-10-3-1-9(2-4-10)7-19(17,18)15-6-5-11-13-8-14-16-11/h1-4,8,15H,5-7H2,(H,13,14,16). The zero-order chi connectivity index (χ0) is 13.7. The Hall–Kier alpha value is -1.80. The summed E-state index contributed by atoms with van der Waals surface area (Å²) in [6.07, 6.45) is 1.80. The third-order valence-electron chi connectivity index (χ3n) is 2.42. The highest BCUT2D eigenvalue weighted by molar-refractivity contribution is 7.88. The van der Waals surface area contributed by atoms with Crippen LogP contribution in [0.2, 0.25) is 0 Å². The number of aromatic nitrogens is 3. The second-order valence-corrected chi connectivity index (χ2v) is 5.77. The Labute approximate surface area is 110 Å². The Kier molecular flexibility index (Phi) is 4.23. The summed E-state index contributed by atoms with van der Waals surface area (Å²) in [4.78, 5) is 3.89. The number of nitrogens with zero attached hydrogens (tertiary/aromatic N) is 2. The summed E-state index contributed by atoms with van der Waals surface area (Å²) in [6, 6.07) is 5.37. The minimum absolute atomic E-state index is 0.177. The average molecular weight is 284 g/mol. The van der Waals surface area contributed by atoms with Crippen LogP contribution < -0.4 is 4.72 Å². The molecule has 1 aromatic carbocycles. The Balaban J connectivity index is 1.86. The van der Waals surface area contributed by atoms with Crippen LogP contribution in [0.5, 0.6) is 0 Å². The molecule has 2 rings (SSSR count). The zero-order valence-electron chi connectivity index (χ0n) is 10.0. The fourth-order valence-electron chi connectivity index (χ4n) is 1.53. The highest BCUT2D eigenvalue weighted by atomic mass is 32.2. The van der Waals surface area contributed by atoms with Crippen LogP contribution >= 0.6 is 0 Å². The van der Waals surface area contributed by atoms with Crippen LogP contribution in [0.25, 0.3) is 0 Å². The van der Waals surface area contributed by atoms with Gasteiger partial charge in [-0.3, -0.25) is 5.10 Å². The van der Waals surface area contributed by atoms with Crippen molar-refractivity contribution in [2.45, 2.75) is 12.2 Å². The molecule has 0 saturated heterocycles. The van der Waals surface area contributed by atoms with Crippen molar-refractivity contribution in [2.24, 2.45) is 0 Å². The summed E-state index contributed by atoms with van der Waals surface area (Å²) >= 11 is 0. The molecule has 0 aliphatic carbocycles. The molecule has 2 N–H and O–H groups in total. The first-order chi connectivity index (χ1) is 9.05. The Bertz CT molecular complexity index is 611. The van der Waals surface area contributed by atoms with E-state index < -0.39 is 10.0 Å². The van der Waals surface area contributed by atoms with E-state index in [2.05, 4.69) is 19.9 Å². The molecule has 8 heteroatoms. The molecule has 0 radical (unpaired) electrons. The van der Waals surface area contributed by atoms with Crippen LogP contribution in [0.15, 0.2) is 30.6 Å². The maximum absolute atomic E-state index is 12.7. The van der Waals surface area contributed by atoms with Gasteiger partial charge in [-0.05, 0) is 17.7 Å². The highest BCUT2D eigenvalue weighted by Gasteiger charge is 2.11. The van der Waals surface area contributed by atoms with Gasteiger partial charge >= 0.3 is 0 Å². The van der Waals surface area contributed by atoms with Crippen molar-refractivity contribution >= 4 is 10.0 Å². The van der Waals surface area contributed by atoms with E-state index in [4.69, 9.17) is 0 Å². The van der Waals surface area contributed by atoms with Crippen LogP contribution in [0.3, 0.4) is 0 Å². The molecule has 0 spiro atoms. The largest absolute Gasteiger partial charge is 0.263 e. The topological polar surface area (TPSA) is 87.7 Å². The smallest absolute Gasteiger partial charge is 0.215 e. The van der Waals surface area contributed by atoms with Crippen molar-refractivity contribution in [3.8, 4) is 0 Å². The van der Waals surface area contributed by atoms with Crippen molar-refractivity contribution in [3.05, 3.63) is 47.8 Å². The molecule has 0 atom stereocenters. The summed E-state index contributed by atoms with van der Waals surface area (Å²) < 4.78 is 38.7. The number of nitrogens with one attached hydrogen (secondary N) is 2. The minimum atomic E-state index is -3.44. The molecule has 0 aliphatic rings. The monoisotopic (exact) mass is 284 g/mol. The number of rotatable bonds is 6. The molecule has 19 heavy (non-hydrogen) atoms. The van der Waals surface area contributed by atoms with Gasteiger partial charge in [-0.15, -0.1) is 0 Å². The lowest BCUT2D eigenvalue weighted by atomic mass is 10.2. The maximum atomic E-state index is 12.7. The average Bonchev–Trinajstić information content (AvgIpc) is 2.85. The summed E-state index contributed by atoms with van der Waals surface area (Å²) in [5.41, 5.74) is 0.536. The van der Waals surface area contributed by atoms with Gasteiger partial charge in [0, 0.05) is 13.0 Å². The number of benzene rings is 1. The van der Waals surface area contributed by atoms with E-state index in [-0.39, 0.29) is 18.1 Å². The van der Waals surface area contributed by atoms with Gasteiger partial charge in [-0.2, -0.15) is 5.10 Å². The Morgan fingerprint density at radius 3 is 2.63 bits per heavy atom. The lowest BCUT2D eigenvalue weighted by molar-refractivity contribution is 0.579. The van der Waals surface area contributed by atoms with Crippen LogP contribution in [-0.2, 0) is 22.2 Å². The third-order valence-corrected chi connectivity index (χ3v) is 3.78. The molecule has 1 aromatic heterocycles. The van der Waals surface area contributed by atoms with Gasteiger partial charge in [-0.25, -0.2) is 22.5 Å². The first kappa shape index (κ1) is 13.6. The van der Waals surface area contributed by atoms with Gasteiger partial charge in [0.25, 0.3) is 0 Å². The van der Waals surface area contributed by atoms with Crippen molar-refractivity contribution in [2.75, 3.05) is 6.54 Å². The second kappa shape index (κ2) is 5.89. The lowest BCUT2D eigenvalue weighted by Crippen LogP contribution is -2.27. The van der Waals surface area contributed by atoms with E-state index in [1.54, 1.807) is 0 Å². The first-order valence-corrected chi connectivity index (χ1v) is 7.26. The summed E-state index contributed by atoms with van der Waals surface area (Å²) in [6.45, 7) is 0.235. The van der Waals surface area contributed by atoms with E-state index in [0.29, 0.717) is 17.8 Å². The van der Waals surface area contributed by atoms with Gasteiger partial charge in [0.05, 0.1) is 5.75 Å². The van der Waals surface area contributed by atoms with Gasteiger partial charge in [0.15, 0.2) is 0 Å². The fraction of sp³-hybridized carbons (Fsp3) is 0.273. The lowest BCUT2D eigenvalue weighted by Gasteiger charge is -2.05. The molecular formula is C11H13FN4O2S. The van der Waals surface area contributed by atoms with Crippen molar-refractivity contribution in [3.63, 3.8) is 0 Å². The normalized spacial score (nSPS) is 11.6. The van der Waals surface area contributed by atoms with E-state index in [9.17, 15) is 12.8 Å². The molecule has 102 valence electrons.